The molecule has 1 aliphatic carbocycles. The highest BCUT2D eigenvalue weighted by molar-refractivity contribution is 7.86. The van der Waals surface area contributed by atoms with Crippen molar-refractivity contribution in [3.63, 3.8) is 0 Å². The van der Waals surface area contributed by atoms with Crippen LogP contribution in [0.25, 0.3) is 0 Å². The van der Waals surface area contributed by atoms with Crippen LogP contribution in [-0.4, -0.2) is 85.2 Å². The van der Waals surface area contributed by atoms with Gasteiger partial charge in [0.15, 0.2) is 0 Å². The first-order valence-electron chi connectivity index (χ1n) is 8.90. The summed E-state index contributed by atoms with van der Waals surface area (Å²) >= 11 is 0. The molecule has 0 spiro atoms. The maximum absolute atomic E-state index is 12.5. The first-order chi connectivity index (χ1) is 11.8. The number of carbonyl (C=O) groups excluding carboxylic acids is 2. The van der Waals surface area contributed by atoms with E-state index in [-0.39, 0.29) is 11.9 Å². The van der Waals surface area contributed by atoms with Crippen LogP contribution in [0.2, 0.25) is 0 Å². The van der Waals surface area contributed by atoms with Gasteiger partial charge in [-0.25, -0.2) is 4.79 Å². The van der Waals surface area contributed by atoms with Crippen molar-refractivity contribution in [1.29, 1.82) is 0 Å². The van der Waals surface area contributed by atoms with Gasteiger partial charge in [-0.05, 0) is 19.8 Å². The molecule has 1 saturated carbocycles. The minimum Gasteiger partial charge on any atom is -0.335 e. The summed E-state index contributed by atoms with van der Waals surface area (Å²) in [4.78, 5) is 25.7. The molecule has 1 heterocycles. The molecular weight excluding hydrogens is 346 g/mol. The van der Waals surface area contributed by atoms with Crippen LogP contribution >= 0.6 is 0 Å². The maximum Gasteiger partial charge on any atom is 0.321 e. The number of imide groups is 1. The van der Waals surface area contributed by atoms with Crippen molar-refractivity contribution in [3.05, 3.63) is 0 Å². The molecule has 0 radical (unpaired) electrons. The van der Waals surface area contributed by atoms with Crippen LogP contribution in [0.5, 0.6) is 0 Å². The molecule has 2 aliphatic rings. The highest BCUT2D eigenvalue weighted by Gasteiger charge is 2.34. The van der Waals surface area contributed by atoms with Crippen molar-refractivity contribution in [1.82, 2.24) is 24.1 Å². The van der Waals surface area contributed by atoms with Gasteiger partial charge in [-0.3, -0.25) is 15.0 Å². The van der Waals surface area contributed by atoms with Gasteiger partial charge in [0.2, 0.25) is 5.91 Å². The second-order valence-corrected chi connectivity index (χ2v) is 8.37. The van der Waals surface area contributed by atoms with Crippen molar-refractivity contribution in [3.8, 4) is 0 Å². The Morgan fingerprint density at radius 1 is 1.12 bits per heavy atom. The largest absolute Gasteiger partial charge is 0.335 e. The number of hydrogen-bond acceptors (Lipinski definition) is 5. The lowest BCUT2D eigenvalue weighted by Gasteiger charge is -2.38. The van der Waals surface area contributed by atoms with Gasteiger partial charge in [-0.1, -0.05) is 13.8 Å². The Kier molecular flexibility index (Phi) is 6.78. The minimum absolute atomic E-state index is 0.192. The number of nitrogens with one attached hydrogen (secondary N) is 2. The molecule has 144 valence electrons. The first-order valence-corrected chi connectivity index (χ1v) is 10.3. The molecule has 0 aromatic rings. The molecule has 0 aromatic heterocycles. The van der Waals surface area contributed by atoms with E-state index in [9.17, 15) is 18.0 Å². The van der Waals surface area contributed by atoms with E-state index < -0.39 is 22.3 Å². The number of carbonyl (C=O) groups is 2. The van der Waals surface area contributed by atoms with Crippen LogP contribution in [0.4, 0.5) is 4.79 Å². The Balaban J connectivity index is 1.83. The molecule has 10 heteroatoms. The van der Waals surface area contributed by atoms with Gasteiger partial charge in [-0.15, -0.1) is 0 Å². The summed E-state index contributed by atoms with van der Waals surface area (Å²) in [6.07, 6.45) is 1.92. The van der Waals surface area contributed by atoms with Crippen molar-refractivity contribution < 1.29 is 18.0 Å². The zero-order valence-electron chi connectivity index (χ0n) is 15.2. The lowest BCUT2D eigenvalue weighted by atomic mass is 10.2. The van der Waals surface area contributed by atoms with Crippen LogP contribution < -0.4 is 10.6 Å². The van der Waals surface area contributed by atoms with E-state index in [4.69, 9.17) is 0 Å². The van der Waals surface area contributed by atoms with Crippen LogP contribution in [0.1, 0.15) is 33.6 Å². The Morgan fingerprint density at radius 2 is 1.68 bits per heavy atom. The van der Waals surface area contributed by atoms with E-state index in [1.54, 1.807) is 6.92 Å². The quantitative estimate of drug-likeness (QED) is 0.629. The third-order valence-corrected chi connectivity index (χ3v) is 6.89. The van der Waals surface area contributed by atoms with Gasteiger partial charge in [-0.2, -0.15) is 17.0 Å². The molecule has 1 atom stereocenters. The summed E-state index contributed by atoms with van der Waals surface area (Å²) in [6.45, 7) is 7.83. The highest BCUT2D eigenvalue weighted by atomic mass is 32.2. The average molecular weight is 375 g/mol. The highest BCUT2D eigenvalue weighted by Crippen LogP contribution is 2.18. The summed E-state index contributed by atoms with van der Waals surface area (Å²) in [7, 11) is -3.44. The Morgan fingerprint density at radius 3 is 2.16 bits per heavy atom. The molecule has 0 unspecified atom stereocenters. The van der Waals surface area contributed by atoms with Gasteiger partial charge in [0, 0.05) is 45.3 Å². The van der Waals surface area contributed by atoms with Crippen molar-refractivity contribution >= 4 is 22.1 Å². The lowest BCUT2D eigenvalue weighted by molar-refractivity contribution is -0.125. The third-order valence-electron chi connectivity index (χ3n) is 4.71. The molecular formula is C15H29N5O4S. The summed E-state index contributed by atoms with van der Waals surface area (Å²) < 4.78 is 27.9. The fourth-order valence-electron chi connectivity index (χ4n) is 2.87. The fraction of sp³-hybridized carbons (Fsp3) is 0.867. The van der Waals surface area contributed by atoms with Crippen molar-refractivity contribution in [2.45, 2.75) is 45.7 Å². The molecule has 0 bridgehead atoms. The van der Waals surface area contributed by atoms with Gasteiger partial charge < -0.3 is 5.32 Å². The smallest absolute Gasteiger partial charge is 0.321 e. The van der Waals surface area contributed by atoms with E-state index in [1.165, 1.54) is 8.61 Å². The van der Waals surface area contributed by atoms with Crippen LogP contribution in [-0.2, 0) is 15.0 Å². The minimum atomic E-state index is -3.44. The van der Waals surface area contributed by atoms with Crippen LogP contribution in [0.3, 0.4) is 0 Å². The third kappa shape index (κ3) is 5.13. The lowest BCUT2D eigenvalue weighted by Crippen LogP contribution is -2.57. The van der Waals surface area contributed by atoms with E-state index in [1.807, 2.05) is 18.7 Å². The first kappa shape index (κ1) is 20.1. The molecule has 1 saturated heterocycles. The second-order valence-electron chi connectivity index (χ2n) is 6.44. The van der Waals surface area contributed by atoms with E-state index in [2.05, 4.69) is 10.6 Å². The van der Waals surface area contributed by atoms with Gasteiger partial charge >= 0.3 is 6.03 Å². The van der Waals surface area contributed by atoms with Gasteiger partial charge in [0.1, 0.15) is 0 Å². The molecule has 2 rings (SSSR count). The molecule has 2 N–H and O–H groups in total. The molecule has 3 amide bonds. The van der Waals surface area contributed by atoms with Crippen molar-refractivity contribution in [2.24, 2.45) is 0 Å². The SMILES string of the molecule is CCN(CC)S(=O)(=O)N1CCN([C@@H](C)C(=O)NC(=O)NC2CC2)CC1. The molecule has 9 nitrogen and oxygen atoms in total. The fourth-order valence-corrected chi connectivity index (χ4v) is 4.47. The van der Waals surface area contributed by atoms with E-state index in [0.717, 1.165) is 12.8 Å². The van der Waals surface area contributed by atoms with E-state index in [0.29, 0.717) is 39.3 Å². The predicted octanol–water partition coefficient (Wildman–Crippen LogP) is -0.433. The molecule has 25 heavy (non-hydrogen) atoms. The van der Waals surface area contributed by atoms with Crippen LogP contribution in [0.15, 0.2) is 0 Å². The van der Waals surface area contributed by atoms with E-state index >= 15 is 0 Å². The topological polar surface area (TPSA) is 102 Å². The van der Waals surface area contributed by atoms with Crippen molar-refractivity contribution in [2.75, 3.05) is 39.3 Å². The molecule has 1 aliphatic heterocycles. The zero-order valence-corrected chi connectivity index (χ0v) is 16.0. The van der Waals surface area contributed by atoms with Gasteiger partial charge in [0.05, 0.1) is 6.04 Å². The molecule has 0 aromatic carbocycles. The van der Waals surface area contributed by atoms with Gasteiger partial charge in [0.25, 0.3) is 10.2 Å². The van der Waals surface area contributed by atoms with Crippen LogP contribution in [0, 0.1) is 0 Å². The number of hydrogen-bond donors (Lipinski definition) is 2. The monoisotopic (exact) mass is 375 g/mol. The Bertz CT molecular complexity index is 581. The second kappa shape index (κ2) is 8.43. The average Bonchev–Trinajstić information content (AvgIpc) is 3.38. The number of piperazine rings is 1. The number of nitrogens with zero attached hydrogens (tertiary/aromatic N) is 3. The summed E-state index contributed by atoms with van der Waals surface area (Å²) in [5.74, 6) is -0.363. The Labute approximate surface area is 149 Å². The summed E-state index contributed by atoms with van der Waals surface area (Å²) in [5, 5.41) is 5.07. The summed E-state index contributed by atoms with van der Waals surface area (Å²) in [5.41, 5.74) is 0. The number of amides is 3. The molecule has 2 fully saturated rings. The normalized spacial score (nSPS) is 21.1. The number of rotatable bonds is 7. The number of urea groups is 1. The standard InChI is InChI=1S/C15H29N5O4S/c1-4-19(5-2)25(23,24)20-10-8-18(9-11-20)12(3)14(21)17-15(22)16-13-6-7-13/h12-13H,4-11H2,1-3H3,(H2,16,17,21,22)/t12-/m0/s1. The maximum atomic E-state index is 12.5. The zero-order chi connectivity index (χ0) is 18.6. The predicted molar refractivity (Wildman–Crippen MR) is 94.1 cm³/mol. The summed E-state index contributed by atoms with van der Waals surface area (Å²) in [6, 6.07) is -0.748. The Hall–Kier alpha value is -1.23.